The zero-order chi connectivity index (χ0) is 31.6. The maximum absolute atomic E-state index is 14.0. The summed E-state index contributed by atoms with van der Waals surface area (Å²) in [5, 5.41) is 18.9. The quantitative estimate of drug-likeness (QED) is 0.142. The highest BCUT2D eigenvalue weighted by Gasteiger charge is 2.33. The van der Waals surface area contributed by atoms with Gasteiger partial charge in [-0.1, -0.05) is 67.4 Å². The standard InChI is InChI=1S/C34H39F3N4O2S/c1-5-23-14-15-27-31-26(23)18-29(41(31)21(2)20-44-40-27)32(43)39-28(16-22-10-7-6-8-11-22)30(42)19-38-33(3,4)24-12-9-13-25(17-24)34(35,36)37/h6-15,17-18,21,28,30,38,40,42H,5,16,19-20H2,1-4H3,(H,39,43)/t21?,28-,30+/m0/s1. The number of carbonyl (C=O) groups is 1. The summed E-state index contributed by atoms with van der Waals surface area (Å²) < 4.78 is 45.6. The number of benzene rings is 3. The van der Waals surface area contributed by atoms with Gasteiger partial charge in [0.2, 0.25) is 0 Å². The van der Waals surface area contributed by atoms with Crippen molar-refractivity contribution in [1.82, 2.24) is 15.2 Å². The van der Waals surface area contributed by atoms with E-state index >= 15 is 0 Å². The smallest absolute Gasteiger partial charge is 0.390 e. The van der Waals surface area contributed by atoms with E-state index < -0.39 is 29.4 Å². The Labute approximate surface area is 260 Å². The summed E-state index contributed by atoms with van der Waals surface area (Å²) >= 11 is 1.61. The third-order valence-corrected chi connectivity index (χ3v) is 9.41. The van der Waals surface area contributed by atoms with Crippen molar-refractivity contribution in [3.63, 3.8) is 0 Å². The molecular weight excluding hydrogens is 585 g/mol. The number of nitrogens with zero attached hydrogens (tertiary/aromatic N) is 1. The Morgan fingerprint density at radius 2 is 1.80 bits per heavy atom. The molecule has 6 nitrogen and oxygen atoms in total. The lowest BCUT2D eigenvalue weighted by Crippen LogP contribution is -2.51. The number of aromatic nitrogens is 1. The molecule has 0 fully saturated rings. The first-order valence-electron chi connectivity index (χ1n) is 14.9. The van der Waals surface area contributed by atoms with Crippen molar-refractivity contribution in [3.8, 4) is 0 Å². The Morgan fingerprint density at radius 3 is 2.50 bits per heavy atom. The maximum atomic E-state index is 14.0. The Hall–Kier alpha value is -3.47. The van der Waals surface area contributed by atoms with Gasteiger partial charge in [0.1, 0.15) is 5.69 Å². The number of aryl methyl sites for hydroxylation is 1. The van der Waals surface area contributed by atoms with E-state index in [0.717, 1.165) is 52.0 Å². The number of amides is 1. The normalized spacial score (nSPS) is 16.7. The molecule has 1 aliphatic heterocycles. The van der Waals surface area contributed by atoms with Crippen LogP contribution in [0.25, 0.3) is 10.9 Å². The van der Waals surface area contributed by atoms with Crippen LogP contribution in [0.2, 0.25) is 0 Å². The number of aliphatic hydroxyl groups excluding tert-OH is 1. The van der Waals surface area contributed by atoms with Gasteiger partial charge in [-0.25, -0.2) is 0 Å². The van der Waals surface area contributed by atoms with Gasteiger partial charge in [0.05, 0.1) is 28.9 Å². The zero-order valence-electron chi connectivity index (χ0n) is 25.3. The van der Waals surface area contributed by atoms with Crippen molar-refractivity contribution >= 4 is 34.4 Å². The molecule has 5 rings (SSSR count). The van der Waals surface area contributed by atoms with Gasteiger partial charge in [-0.3, -0.25) is 4.79 Å². The van der Waals surface area contributed by atoms with E-state index in [-0.39, 0.29) is 18.5 Å². The highest BCUT2D eigenvalue weighted by atomic mass is 32.2. The molecule has 1 unspecified atom stereocenters. The lowest BCUT2D eigenvalue weighted by molar-refractivity contribution is -0.137. The lowest BCUT2D eigenvalue weighted by Gasteiger charge is -2.32. The van der Waals surface area contributed by atoms with E-state index in [2.05, 4.69) is 45.9 Å². The average molecular weight is 625 g/mol. The molecule has 0 saturated heterocycles. The Kier molecular flexibility index (Phi) is 9.34. The van der Waals surface area contributed by atoms with Crippen LogP contribution >= 0.6 is 11.9 Å². The first-order chi connectivity index (χ1) is 20.9. The lowest BCUT2D eigenvalue weighted by atomic mass is 9.92. The van der Waals surface area contributed by atoms with Gasteiger partial charge < -0.3 is 25.0 Å². The summed E-state index contributed by atoms with van der Waals surface area (Å²) in [5.74, 6) is 0.482. The van der Waals surface area contributed by atoms with Crippen molar-refractivity contribution in [2.24, 2.45) is 0 Å². The second-order valence-corrected chi connectivity index (χ2v) is 12.8. The number of halogens is 3. The van der Waals surface area contributed by atoms with E-state index in [1.165, 1.54) is 6.07 Å². The van der Waals surface area contributed by atoms with Crippen LogP contribution < -0.4 is 15.4 Å². The minimum Gasteiger partial charge on any atom is -0.390 e. The first kappa shape index (κ1) is 31.9. The third kappa shape index (κ3) is 6.77. The van der Waals surface area contributed by atoms with Gasteiger partial charge in [-0.15, -0.1) is 0 Å². The molecule has 3 aromatic carbocycles. The van der Waals surface area contributed by atoms with Crippen molar-refractivity contribution < 1.29 is 23.1 Å². The zero-order valence-corrected chi connectivity index (χ0v) is 26.1. The topological polar surface area (TPSA) is 78.3 Å². The molecule has 10 heteroatoms. The fraction of sp³-hybridized carbons (Fsp3) is 0.382. The molecule has 44 heavy (non-hydrogen) atoms. The Morgan fingerprint density at radius 1 is 1.07 bits per heavy atom. The second kappa shape index (κ2) is 12.9. The van der Waals surface area contributed by atoms with Crippen molar-refractivity contribution in [3.05, 3.63) is 101 Å². The van der Waals surface area contributed by atoms with Gasteiger partial charge in [0.25, 0.3) is 5.91 Å². The van der Waals surface area contributed by atoms with Gasteiger partial charge in [0.15, 0.2) is 0 Å². The molecule has 0 bridgehead atoms. The number of carbonyl (C=O) groups excluding carboxylic acids is 1. The van der Waals surface area contributed by atoms with E-state index in [1.54, 1.807) is 31.9 Å². The summed E-state index contributed by atoms with van der Waals surface area (Å²) in [5.41, 5.74) is 3.43. The predicted molar refractivity (Wildman–Crippen MR) is 172 cm³/mol. The summed E-state index contributed by atoms with van der Waals surface area (Å²) in [4.78, 5) is 14.0. The molecule has 4 N–H and O–H groups in total. The second-order valence-electron chi connectivity index (χ2n) is 12.0. The molecule has 3 atom stereocenters. The van der Waals surface area contributed by atoms with Crippen LogP contribution in [0.1, 0.15) is 66.5 Å². The molecular formula is C34H39F3N4O2S. The minimum atomic E-state index is -4.45. The average Bonchev–Trinajstić information content (AvgIpc) is 3.33. The summed E-state index contributed by atoms with van der Waals surface area (Å²) in [6.45, 7) is 7.78. The van der Waals surface area contributed by atoms with E-state index in [4.69, 9.17) is 0 Å². The summed E-state index contributed by atoms with van der Waals surface area (Å²) in [7, 11) is 0. The summed E-state index contributed by atoms with van der Waals surface area (Å²) in [6, 6.07) is 20.3. The van der Waals surface area contributed by atoms with Gasteiger partial charge in [-0.2, -0.15) is 13.2 Å². The van der Waals surface area contributed by atoms with E-state index in [0.29, 0.717) is 17.7 Å². The predicted octanol–water partition coefficient (Wildman–Crippen LogP) is 7.08. The molecule has 4 aromatic rings. The number of nitrogens with one attached hydrogen (secondary N) is 3. The molecule has 1 aromatic heterocycles. The molecule has 0 aliphatic carbocycles. The van der Waals surface area contributed by atoms with Crippen LogP contribution in [0.3, 0.4) is 0 Å². The van der Waals surface area contributed by atoms with Gasteiger partial charge >= 0.3 is 6.18 Å². The molecule has 0 saturated carbocycles. The van der Waals surface area contributed by atoms with E-state index in [1.807, 2.05) is 36.4 Å². The minimum absolute atomic E-state index is 0.0467. The number of alkyl halides is 3. The van der Waals surface area contributed by atoms with Crippen LogP contribution in [0.15, 0.2) is 72.8 Å². The van der Waals surface area contributed by atoms with Crippen LogP contribution in [0.4, 0.5) is 18.9 Å². The number of hydrogen-bond acceptors (Lipinski definition) is 5. The van der Waals surface area contributed by atoms with Crippen molar-refractivity contribution in [2.75, 3.05) is 17.0 Å². The fourth-order valence-electron chi connectivity index (χ4n) is 5.82. The molecule has 0 spiro atoms. The fourth-order valence-corrected chi connectivity index (χ4v) is 6.61. The number of hydrogen-bond donors (Lipinski definition) is 4. The first-order valence-corrected chi connectivity index (χ1v) is 15.9. The highest BCUT2D eigenvalue weighted by molar-refractivity contribution is 8.00. The van der Waals surface area contributed by atoms with E-state index in [9.17, 15) is 23.1 Å². The van der Waals surface area contributed by atoms with Crippen molar-refractivity contribution in [1.29, 1.82) is 0 Å². The van der Waals surface area contributed by atoms with Crippen molar-refractivity contribution in [2.45, 2.75) is 70.4 Å². The number of aliphatic hydroxyl groups is 1. The van der Waals surface area contributed by atoms with Crippen LogP contribution in [-0.4, -0.2) is 40.0 Å². The molecule has 0 radical (unpaired) electrons. The van der Waals surface area contributed by atoms with Gasteiger partial charge in [-0.05, 0) is 74.6 Å². The van der Waals surface area contributed by atoms with Crippen LogP contribution in [0.5, 0.6) is 0 Å². The molecule has 234 valence electrons. The van der Waals surface area contributed by atoms with Gasteiger partial charge in [0, 0.05) is 29.3 Å². The van der Waals surface area contributed by atoms with Crippen LogP contribution in [0, 0.1) is 0 Å². The Balaban J connectivity index is 1.42. The number of rotatable bonds is 10. The van der Waals surface area contributed by atoms with Crippen LogP contribution in [-0.2, 0) is 24.6 Å². The maximum Gasteiger partial charge on any atom is 0.416 e. The largest absolute Gasteiger partial charge is 0.416 e. The molecule has 1 aliphatic rings. The SMILES string of the molecule is CCc1ccc2c3c1cc(C(=O)N[C@@H](Cc1ccccc1)[C@H](O)CNC(C)(C)c1cccc(C(F)(F)F)c1)n3C(C)CSN2. The summed E-state index contributed by atoms with van der Waals surface area (Å²) in [6.07, 6.45) is -4.29. The monoisotopic (exact) mass is 624 g/mol. The highest BCUT2D eigenvalue weighted by Crippen LogP contribution is 2.38. The number of anilines is 1. The molecule has 2 heterocycles. The molecule has 1 amide bonds. The third-order valence-electron chi connectivity index (χ3n) is 8.39. The Bertz CT molecular complexity index is 1620.